The number of allylic oxidation sites excluding steroid dienone is 3. The number of likely N-dealkylation sites (tertiary alicyclic amines) is 1. The van der Waals surface area contributed by atoms with Crippen LogP contribution >= 0.6 is 0 Å². The molecule has 1 aromatic rings. The molecule has 1 aliphatic carbocycles. The summed E-state index contributed by atoms with van der Waals surface area (Å²) < 4.78 is 6.16. The van der Waals surface area contributed by atoms with Crippen LogP contribution in [-0.4, -0.2) is 43.5 Å². The van der Waals surface area contributed by atoms with Crippen molar-refractivity contribution in [3.05, 3.63) is 59.5 Å². The number of hydrogen-bond donors (Lipinski definition) is 0. The number of nitrogens with zero attached hydrogens (tertiary/aromatic N) is 2. The fraction of sp³-hybridized carbons (Fsp3) is 0.458. The van der Waals surface area contributed by atoms with E-state index in [1.165, 1.54) is 19.3 Å². The van der Waals surface area contributed by atoms with Gasteiger partial charge in [-0.2, -0.15) is 0 Å². The summed E-state index contributed by atoms with van der Waals surface area (Å²) >= 11 is 0. The molecular formula is C24H30N2O2. The number of hydrogen-bond acceptors (Lipinski definition) is 4. The summed E-state index contributed by atoms with van der Waals surface area (Å²) in [5.74, 6) is 1.10. The first-order valence-electron chi connectivity index (χ1n) is 10.6. The highest BCUT2D eigenvalue weighted by Gasteiger charge is 2.44. The largest absolute Gasteiger partial charge is 0.495 e. The molecule has 28 heavy (non-hydrogen) atoms. The number of piperidine rings is 1. The zero-order valence-electron chi connectivity index (χ0n) is 17.0. The van der Waals surface area contributed by atoms with E-state index in [4.69, 9.17) is 4.74 Å². The summed E-state index contributed by atoms with van der Waals surface area (Å²) in [6.07, 6.45) is 11.9. The van der Waals surface area contributed by atoms with Gasteiger partial charge < -0.3 is 9.64 Å². The highest BCUT2D eigenvalue weighted by Crippen LogP contribution is 2.38. The molecule has 1 atom stereocenters. The predicted octanol–water partition coefficient (Wildman–Crippen LogP) is 4.54. The summed E-state index contributed by atoms with van der Waals surface area (Å²) in [6.45, 7) is 4.84. The lowest BCUT2D eigenvalue weighted by Crippen LogP contribution is -2.52. The fourth-order valence-corrected chi connectivity index (χ4v) is 4.26. The molecule has 4 rings (SSSR count). The number of carbonyl (C=O) groups excluding carboxylic acids is 1. The molecule has 4 nitrogen and oxygen atoms in total. The van der Waals surface area contributed by atoms with Crippen molar-refractivity contribution in [1.29, 1.82) is 0 Å². The average Bonchev–Trinajstić information content (AvgIpc) is 2.73. The van der Waals surface area contributed by atoms with Gasteiger partial charge in [0.05, 0.1) is 12.2 Å². The Kier molecular flexibility index (Phi) is 5.67. The lowest BCUT2D eigenvalue weighted by molar-refractivity contribution is -0.124. The standard InChI is InChI=1S/C24H30N2O2/c1-3-4-16-28-24-20(23(27)22(24)26-13-8-5-9-14-26)17-18-12-15-25(2)21-11-7-6-10-19(18)21/h6-7,10-12,15,17,22H,3-5,8-9,13-14,16H2,1-2H3/b18-17+. The molecule has 1 unspecified atom stereocenters. The molecule has 4 heteroatoms. The SMILES string of the molecule is CCCCOC1=C(/C=C2\C=CN(C)c3ccccc32)C(=O)C1N1CCCCC1. The lowest BCUT2D eigenvalue weighted by atomic mass is 9.83. The smallest absolute Gasteiger partial charge is 0.191 e. The van der Waals surface area contributed by atoms with Crippen LogP contribution in [0.1, 0.15) is 44.6 Å². The fourth-order valence-electron chi connectivity index (χ4n) is 4.26. The molecule has 0 spiro atoms. The van der Waals surface area contributed by atoms with Gasteiger partial charge in [-0.1, -0.05) is 38.0 Å². The molecule has 0 bridgehead atoms. The van der Waals surface area contributed by atoms with Crippen LogP contribution < -0.4 is 4.90 Å². The van der Waals surface area contributed by atoms with Crippen LogP contribution in [0.2, 0.25) is 0 Å². The quantitative estimate of drug-likeness (QED) is 0.680. The Balaban J connectivity index is 1.67. The first kappa shape index (κ1) is 19.0. The molecule has 148 valence electrons. The second-order valence-corrected chi connectivity index (χ2v) is 7.89. The van der Waals surface area contributed by atoms with E-state index in [1.807, 2.05) is 25.3 Å². The Labute approximate surface area is 168 Å². The molecule has 0 aromatic heterocycles. The summed E-state index contributed by atoms with van der Waals surface area (Å²) in [5, 5.41) is 0. The summed E-state index contributed by atoms with van der Waals surface area (Å²) in [4.78, 5) is 17.5. The maximum absolute atomic E-state index is 13.1. The van der Waals surface area contributed by atoms with E-state index in [2.05, 4.69) is 41.1 Å². The van der Waals surface area contributed by atoms with Gasteiger partial charge in [0.25, 0.3) is 0 Å². The van der Waals surface area contributed by atoms with Crippen LogP contribution in [0, 0.1) is 0 Å². The minimum atomic E-state index is -0.172. The van der Waals surface area contributed by atoms with Gasteiger partial charge in [-0.05, 0) is 56.1 Å². The topological polar surface area (TPSA) is 32.8 Å². The van der Waals surface area contributed by atoms with Crippen molar-refractivity contribution in [2.24, 2.45) is 0 Å². The molecule has 0 radical (unpaired) electrons. The van der Waals surface area contributed by atoms with Crippen molar-refractivity contribution in [2.75, 3.05) is 31.6 Å². The van der Waals surface area contributed by atoms with Gasteiger partial charge >= 0.3 is 0 Å². The van der Waals surface area contributed by atoms with Crippen LogP contribution in [0.3, 0.4) is 0 Å². The zero-order valence-corrected chi connectivity index (χ0v) is 17.0. The Hall–Kier alpha value is -2.33. The zero-order chi connectivity index (χ0) is 19.5. The monoisotopic (exact) mass is 378 g/mol. The maximum atomic E-state index is 13.1. The number of Topliss-reactive ketones (excluding diaryl/α,β-unsaturated/α-hetero) is 1. The average molecular weight is 379 g/mol. The molecular weight excluding hydrogens is 348 g/mol. The summed E-state index contributed by atoms with van der Waals surface area (Å²) in [5.41, 5.74) is 4.14. The third-order valence-electron chi connectivity index (χ3n) is 5.91. The number of ketones is 1. The van der Waals surface area contributed by atoms with Crippen molar-refractivity contribution >= 4 is 17.0 Å². The van der Waals surface area contributed by atoms with E-state index in [-0.39, 0.29) is 11.8 Å². The van der Waals surface area contributed by atoms with Crippen LogP contribution in [0.5, 0.6) is 0 Å². The lowest BCUT2D eigenvalue weighted by Gasteiger charge is -2.40. The molecule has 3 aliphatic rings. The van der Waals surface area contributed by atoms with Crippen LogP contribution in [-0.2, 0) is 9.53 Å². The molecule has 1 saturated heterocycles. The molecule has 2 aliphatic heterocycles. The third-order valence-corrected chi connectivity index (χ3v) is 5.91. The predicted molar refractivity (Wildman–Crippen MR) is 114 cm³/mol. The normalized spacial score (nSPS) is 23.8. The van der Waals surface area contributed by atoms with Crippen LogP contribution in [0.15, 0.2) is 53.9 Å². The van der Waals surface area contributed by atoms with Gasteiger partial charge in [0.1, 0.15) is 11.8 Å². The highest BCUT2D eigenvalue weighted by molar-refractivity contribution is 6.12. The van der Waals surface area contributed by atoms with Crippen molar-refractivity contribution in [3.8, 4) is 0 Å². The minimum absolute atomic E-state index is 0.172. The number of carbonyl (C=O) groups is 1. The molecule has 1 aromatic carbocycles. The minimum Gasteiger partial charge on any atom is -0.495 e. The molecule has 0 saturated carbocycles. The van der Waals surface area contributed by atoms with E-state index in [0.29, 0.717) is 6.61 Å². The Morgan fingerprint density at radius 3 is 2.75 bits per heavy atom. The molecule has 2 heterocycles. The van der Waals surface area contributed by atoms with Crippen LogP contribution in [0.4, 0.5) is 5.69 Å². The number of ether oxygens (including phenoxy) is 1. The first-order valence-corrected chi connectivity index (χ1v) is 10.6. The van der Waals surface area contributed by atoms with E-state index >= 15 is 0 Å². The molecule has 0 amide bonds. The number of benzene rings is 1. The van der Waals surface area contributed by atoms with E-state index in [0.717, 1.165) is 54.1 Å². The Morgan fingerprint density at radius 1 is 1.18 bits per heavy atom. The first-order chi connectivity index (χ1) is 13.7. The van der Waals surface area contributed by atoms with E-state index in [1.54, 1.807) is 0 Å². The van der Waals surface area contributed by atoms with Crippen molar-refractivity contribution in [3.63, 3.8) is 0 Å². The van der Waals surface area contributed by atoms with E-state index < -0.39 is 0 Å². The molecule has 0 N–H and O–H groups in total. The molecule has 1 fully saturated rings. The van der Waals surface area contributed by atoms with E-state index in [9.17, 15) is 4.79 Å². The summed E-state index contributed by atoms with van der Waals surface area (Å²) in [6, 6.07) is 8.15. The second kappa shape index (κ2) is 8.36. The van der Waals surface area contributed by atoms with Gasteiger partial charge in [-0.3, -0.25) is 9.69 Å². The number of para-hydroxylation sites is 1. The van der Waals surface area contributed by atoms with Gasteiger partial charge in [-0.15, -0.1) is 0 Å². The third kappa shape index (κ3) is 3.53. The number of fused-ring (bicyclic) bond motifs is 1. The number of rotatable bonds is 6. The Bertz CT molecular complexity index is 831. The maximum Gasteiger partial charge on any atom is 0.191 e. The van der Waals surface area contributed by atoms with Gasteiger partial charge in [0, 0.05) is 24.5 Å². The highest BCUT2D eigenvalue weighted by atomic mass is 16.5. The Morgan fingerprint density at radius 2 is 1.96 bits per heavy atom. The van der Waals surface area contributed by atoms with Crippen molar-refractivity contribution in [1.82, 2.24) is 4.90 Å². The van der Waals surface area contributed by atoms with Gasteiger partial charge in [-0.25, -0.2) is 0 Å². The van der Waals surface area contributed by atoms with Crippen molar-refractivity contribution in [2.45, 2.75) is 45.1 Å². The van der Waals surface area contributed by atoms with Gasteiger partial charge in [0.15, 0.2) is 5.78 Å². The number of unbranched alkanes of at least 4 members (excludes halogenated alkanes) is 1. The summed E-state index contributed by atoms with van der Waals surface area (Å²) in [7, 11) is 2.05. The number of anilines is 1. The van der Waals surface area contributed by atoms with Gasteiger partial charge in [0.2, 0.25) is 0 Å². The second-order valence-electron chi connectivity index (χ2n) is 7.89. The van der Waals surface area contributed by atoms with Crippen LogP contribution in [0.25, 0.3) is 5.57 Å². The van der Waals surface area contributed by atoms with Crippen molar-refractivity contribution < 1.29 is 9.53 Å².